The normalized spacial score (nSPS) is 28.6. The van der Waals surface area contributed by atoms with Gasteiger partial charge in [-0.3, -0.25) is 0 Å². The summed E-state index contributed by atoms with van der Waals surface area (Å²) < 4.78 is 27.5. The van der Waals surface area contributed by atoms with Gasteiger partial charge >= 0.3 is 0 Å². The van der Waals surface area contributed by atoms with Gasteiger partial charge in [0, 0.05) is 22.6 Å². The molecule has 6 heteroatoms. The van der Waals surface area contributed by atoms with Crippen LogP contribution in [-0.2, 0) is 45.4 Å². The smallest absolute Gasteiger partial charge is 0.0915 e. The summed E-state index contributed by atoms with van der Waals surface area (Å²) in [5, 5.41) is 3.01. The fraction of sp³-hybridized carbons (Fsp3) is 0.348. The average Bonchev–Trinajstić information content (AvgIpc) is 3.57. The van der Waals surface area contributed by atoms with Crippen molar-refractivity contribution in [1.82, 2.24) is 0 Å². The molecule has 270 valence electrons. The standard InChI is InChI=1S/C46H52O4P2/c1-33-43(47-29-37-19-9-5-10-20-37)44(48-30-38-21-11-6-12-22-38)34(2)51(33)41-27-17-18-28-42(41)52-35(3)45(49-31-39-23-13-7-14-24-39)46(36(52)4)50-32-40-25-15-8-16-26-40/h5-28,33-36,43-46H,29-32H2,1-4H3/t33-,34-,35-,36-,43+,44+,45+,46?,52?/m0/s1. The molecule has 5 aromatic carbocycles. The van der Waals surface area contributed by atoms with Crippen LogP contribution in [0.2, 0.25) is 0 Å². The first-order chi connectivity index (χ1) is 25.5. The second-order valence-electron chi connectivity index (χ2n) is 14.3. The zero-order chi connectivity index (χ0) is 35.9. The number of hydrogen-bond acceptors (Lipinski definition) is 4. The van der Waals surface area contributed by atoms with Crippen LogP contribution in [-0.4, -0.2) is 47.1 Å². The van der Waals surface area contributed by atoms with Gasteiger partial charge in [0.05, 0.1) is 50.8 Å². The molecule has 2 heterocycles. The zero-order valence-electron chi connectivity index (χ0n) is 30.8. The third-order valence-corrected chi connectivity index (χ3v) is 17.6. The third kappa shape index (κ3) is 8.45. The van der Waals surface area contributed by atoms with Gasteiger partial charge in [-0.15, -0.1) is 0 Å². The highest BCUT2D eigenvalue weighted by Gasteiger charge is 2.52. The van der Waals surface area contributed by atoms with E-state index in [1.807, 2.05) is 0 Å². The number of hydrogen-bond donors (Lipinski definition) is 0. The Kier molecular flexibility index (Phi) is 12.7. The van der Waals surface area contributed by atoms with Crippen molar-refractivity contribution in [1.29, 1.82) is 0 Å². The van der Waals surface area contributed by atoms with Crippen molar-refractivity contribution in [2.75, 3.05) is 0 Å². The Morgan fingerprint density at radius 3 is 0.769 bits per heavy atom. The molecule has 2 aliphatic heterocycles. The van der Waals surface area contributed by atoms with E-state index >= 15 is 0 Å². The molecule has 2 aliphatic rings. The third-order valence-electron chi connectivity index (χ3n) is 10.9. The Labute approximate surface area is 313 Å². The van der Waals surface area contributed by atoms with Crippen LogP contribution in [0.25, 0.3) is 0 Å². The van der Waals surface area contributed by atoms with Gasteiger partial charge in [0.1, 0.15) is 0 Å². The minimum Gasteiger partial charge on any atom is -0.370 e. The van der Waals surface area contributed by atoms with Crippen molar-refractivity contribution in [3.05, 3.63) is 168 Å². The molecule has 5 aromatic rings. The molecule has 0 aliphatic carbocycles. The van der Waals surface area contributed by atoms with E-state index in [4.69, 9.17) is 18.9 Å². The van der Waals surface area contributed by atoms with E-state index in [9.17, 15) is 0 Å². The van der Waals surface area contributed by atoms with Crippen LogP contribution in [0.15, 0.2) is 146 Å². The minimum atomic E-state index is -0.609. The monoisotopic (exact) mass is 730 g/mol. The quantitative estimate of drug-likeness (QED) is 0.107. The number of rotatable bonds is 14. The van der Waals surface area contributed by atoms with E-state index in [1.165, 1.54) is 32.9 Å². The van der Waals surface area contributed by atoms with Gasteiger partial charge in [-0.25, -0.2) is 0 Å². The lowest BCUT2D eigenvalue weighted by Gasteiger charge is -2.31. The number of ether oxygens (including phenoxy) is 4. The van der Waals surface area contributed by atoms with Crippen molar-refractivity contribution in [3.63, 3.8) is 0 Å². The first-order valence-electron chi connectivity index (χ1n) is 18.8. The van der Waals surface area contributed by atoms with Gasteiger partial charge in [0.15, 0.2) is 0 Å². The Morgan fingerprint density at radius 2 is 0.538 bits per heavy atom. The summed E-state index contributed by atoms with van der Waals surface area (Å²) >= 11 is 0. The molecule has 0 radical (unpaired) electrons. The molecule has 0 saturated carbocycles. The maximum absolute atomic E-state index is 6.87. The predicted molar refractivity (Wildman–Crippen MR) is 217 cm³/mol. The zero-order valence-corrected chi connectivity index (χ0v) is 32.6. The second kappa shape index (κ2) is 17.7. The van der Waals surface area contributed by atoms with Crippen LogP contribution in [0.3, 0.4) is 0 Å². The van der Waals surface area contributed by atoms with Gasteiger partial charge in [-0.1, -0.05) is 189 Å². The summed E-state index contributed by atoms with van der Waals surface area (Å²) in [5.41, 5.74) is 6.09. The van der Waals surface area contributed by atoms with Gasteiger partial charge in [-0.05, 0) is 32.9 Å². The van der Waals surface area contributed by atoms with Crippen LogP contribution >= 0.6 is 15.8 Å². The van der Waals surface area contributed by atoms with E-state index in [-0.39, 0.29) is 24.4 Å². The van der Waals surface area contributed by atoms with Crippen LogP contribution in [0.1, 0.15) is 49.9 Å². The first kappa shape index (κ1) is 37.1. The van der Waals surface area contributed by atoms with E-state index < -0.39 is 15.8 Å². The molecular weight excluding hydrogens is 678 g/mol. The van der Waals surface area contributed by atoms with Gasteiger partial charge < -0.3 is 18.9 Å². The van der Waals surface area contributed by atoms with Crippen molar-refractivity contribution in [2.24, 2.45) is 0 Å². The predicted octanol–water partition coefficient (Wildman–Crippen LogP) is 9.82. The highest BCUT2D eigenvalue weighted by molar-refractivity contribution is 7.73. The van der Waals surface area contributed by atoms with Crippen LogP contribution < -0.4 is 10.6 Å². The Balaban J connectivity index is 1.18. The van der Waals surface area contributed by atoms with Gasteiger partial charge in [-0.2, -0.15) is 0 Å². The van der Waals surface area contributed by atoms with Crippen LogP contribution in [0, 0.1) is 0 Å². The molecule has 0 bridgehead atoms. The maximum Gasteiger partial charge on any atom is 0.0915 e. The lowest BCUT2D eigenvalue weighted by atomic mass is 10.1. The molecule has 0 N–H and O–H groups in total. The fourth-order valence-corrected chi connectivity index (χ4v) is 15.7. The van der Waals surface area contributed by atoms with Crippen molar-refractivity contribution >= 4 is 26.5 Å². The molecule has 2 fully saturated rings. The number of benzene rings is 5. The maximum atomic E-state index is 6.87. The molecular formula is C46H52O4P2. The molecule has 52 heavy (non-hydrogen) atoms. The van der Waals surface area contributed by atoms with E-state index in [1.54, 1.807) is 0 Å². The van der Waals surface area contributed by atoms with Crippen LogP contribution in [0.4, 0.5) is 0 Å². The molecule has 2 unspecified atom stereocenters. The first-order valence-corrected chi connectivity index (χ1v) is 21.7. The molecule has 4 nitrogen and oxygen atoms in total. The fourth-order valence-electron chi connectivity index (χ4n) is 8.25. The second-order valence-corrected chi connectivity index (χ2v) is 20.2. The summed E-state index contributed by atoms with van der Waals surface area (Å²) in [5.74, 6) is 0. The molecule has 0 spiro atoms. The van der Waals surface area contributed by atoms with Crippen molar-refractivity contribution < 1.29 is 18.9 Å². The van der Waals surface area contributed by atoms with Crippen molar-refractivity contribution in [2.45, 2.75) is 101 Å². The minimum absolute atomic E-state index is 0.00630. The summed E-state index contributed by atoms with van der Waals surface area (Å²) in [6, 6.07) is 51.5. The summed E-state index contributed by atoms with van der Waals surface area (Å²) in [4.78, 5) is 0. The Bertz CT molecular complexity index is 1560. The van der Waals surface area contributed by atoms with Gasteiger partial charge in [0.25, 0.3) is 0 Å². The summed E-state index contributed by atoms with van der Waals surface area (Å²) in [7, 11) is -1.22. The Morgan fingerprint density at radius 1 is 0.327 bits per heavy atom. The lowest BCUT2D eigenvalue weighted by molar-refractivity contribution is -0.0758. The molecule has 0 amide bonds. The molecule has 7 rings (SSSR count). The lowest BCUT2D eigenvalue weighted by Crippen LogP contribution is -2.36. The van der Waals surface area contributed by atoms with E-state index in [0.717, 1.165) is 0 Å². The van der Waals surface area contributed by atoms with Gasteiger partial charge in [0.2, 0.25) is 0 Å². The molecule has 0 aromatic heterocycles. The molecule has 9 atom stereocenters. The SMILES string of the molecule is C[C@H]1C(OCc2ccccc2)[C@H](OCc2ccccc2)[C@H](C)P1c1ccccc1P1[C@@H](C)[C@@H](OCc2ccccc2)[C@H](OCc2ccccc2)[C@@H]1C. The highest BCUT2D eigenvalue weighted by Crippen LogP contribution is 2.61. The highest BCUT2D eigenvalue weighted by atomic mass is 31.1. The average molecular weight is 731 g/mol. The van der Waals surface area contributed by atoms with Crippen LogP contribution in [0.5, 0.6) is 0 Å². The van der Waals surface area contributed by atoms with Crippen molar-refractivity contribution in [3.8, 4) is 0 Å². The molecule has 2 saturated heterocycles. The van der Waals surface area contributed by atoms with E-state index in [0.29, 0.717) is 49.1 Å². The Hall–Kier alpha value is -3.20. The largest absolute Gasteiger partial charge is 0.370 e. The van der Waals surface area contributed by atoms with E-state index in [2.05, 4.69) is 173 Å². The summed E-state index contributed by atoms with van der Waals surface area (Å²) in [6.07, 6.45) is -0.0252. The summed E-state index contributed by atoms with van der Waals surface area (Å²) in [6.45, 7) is 12.0. The topological polar surface area (TPSA) is 36.9 Å².